The van der Waals surface area contributed by atoms with Crippen LogP contribution in [0.4, 0.5) is 0 Å². The molecule has 1 rings (SSSR count). The molecule has 0 aromatic heterocycles. The van der Waals surface area contributed by atoms with Gasteiger partial charge in [-0.05, 0) is 12.5 Å². The van der Waals surface area contributed by atoms with Crippen LogP contribution in [0.25, 0.3) is 0 Å². The van der Waals surface area contributed by atoms with Crippen molar-refractivity contribution in [3.8, 4) is 0 Å². The van der Waals surface area contributed by atoms with E-state index in [2.05, 4.69) is 6.58 Å². The molecule has 0 amide bonds. The summed E-state index contributed by atoms with van der Waals surface area (Å²) >= 11 is 0. The van der Waals surface area contributed by atoms with Crippen LogP contribution in [0.15, 0.2) is 36.0 Å². The molecule has 0 aromatic rings. The molecule has 0 aromatic carbocycles. The van der Waals surface area contributed by atoms with Crippen LogP contribution in [0.2, 0.25) is 0 Å². The number of hydrogen-bond donors (Lipinski definition) is 0. The van der Waals surface area contributed by atoms with Crippen molar-refractivity contribution in [1.82, 2.24) is 0 Å². The van der Waals surface area contributed by atoms with Crippen molar-refractivity contribution in [2.75, 3.05) is 0 Å². The standard InChI is InChI=1S/C8H8O/c1-6(2)8(9)7-4-3-5-7/h3-5H,1H2,2H3. The van der Waals surface area contributed by atoms with Gasteiger partial charge in [0.15, 0.2) is 5.78 Å². The molecular formula is C8H8O. The van der Waals surface area contributed by atoms with Gasteiger partial charge in [0.1, 0.15) is 0 Å². The number of carbonyl (C=O) groups excluding carboxylic acids is 1. The molecular weight excluding hydrogens is 112 g/mol. The van der Waals surface area contributed by atoms with Crippen LogP contribution in [0.5, 0.6) is 0 Å². The molecule has 1 heteroatoms. The summed E-state index contributed by atoms with van der Waals surface area (Å²) in [6.45, 7) is 5.25. The van der Waals surface area contributed by atoms with Crippen molar-refractivity contribution in [1.29, 1.82) is 0 Å². The Morgan fingerprint density at radius 3 is 2.33 bits per heavy atom. The lowest BCUT2D eigenvalue weighted by molar-refractivity contribution is -0.111. The Hall–Kier alpha value is -1.11. The second-order valence-corrected chi connectivity index (χ2v) is 2.09. The molecule has 1 nitrogen and oxygen atoms in total. The number of rotatable bonds is 2. The van der Waals surface area contributed by atoms with Crippen molar-refractivity contribution in [2.45, 2.75) is 6.92 Å². The van der Waals surface area contributed by atoms with Crippen LogP contribution >= 0.6 is 0 Å². The lowest BCUT2D eigenvalue weighted by Crippen LogP contribution is -2.03. The van der Waals surface area contributed by atoms with E-state index in [9.17, 15) is 4.79 Å². The summed E-state index contributed by atoms with van der Waals surface area (Å²) in [7, 11) is 0. The molecule has 0 spiro atoms. The first-order chi connectivity index (χ1) is 4.22. The van der Waals surface area contributed by atoms with Crippen LogP contribution in [-0.2, 0) is 4.79 Å². The molecule has 0 radical (unpaired) electrons. The lowest BCUT2D eigenvalue weighted by Gasteiger charge is -2.03. The van der Waals surface area contributed by atoms with Crippen LogP contribution < -0.4 is 0 Å². The smallest absolute Gasteiger partial charge is 0.188 e. The molecule has 0 fully saturated rings. The first kappa shape index (κ1) is 6.02. The highest BCUT2D eigenvalue weighted by Gasteiger charge is 2.08. The minimum absolute atomic E-state index is 0.0532. The average Bonchev–Trinajstić information content (AvgIpc) is 1.60. The Kier molecular flexibility index (Phi) is 1.35. The van der Waals surface area contributed by atoms with E-state index in [0.29, 0.717) is 5.57 Å². The van der Waals surface area contributed by atoms with E-state index in [-0.39, 0.29) is 5.78 Å². The number of ketones is 1. The third-order valence-corrected chi connectivity index (χ3v) is 1.20. The molecule has 0 saturated heterocycles. The summed E-state index contributed by atoms with van der Waals surface area (Å²) < 4.78 is 0. The third-order valence-electron chi connectivity index (χ3n) is 1.20. The Bertz CT molecular complexity index is 219. The fourth-order valence-corrected chi connectivity index (χ4v) is 0.590. The van der Waals surface area contributed by atoms with Gasteiger partial charge in [0.2, 0.25) is 0 Å². The normalized spacial score (nSPS) is 14.1. The van der Waals surface area contributed by atoms with Crippen molar-refractivity contribution < 1.29 is 4.79 Å². The summed E-state index contributed by atoms with van der Waals surface area (Å²) in [5.74, 6) is 0.0532. The fraction of sp³-hybridized carbons (Fsp3) is 0.125. The zero-order valence-electron chi connectivity index (χ0n) is 5.35. The van der Waals surface area contributed by atoms with Gasteiger partial charge in [-0.1, -0.05) is 24.8 Å². The van der Waals surface area contributed by atoms with Crippen molar-refractivity contribution in [2.24, 2.45) is 0 Å². The molecule has 46 valence electrons. The largest absolute Gasteiger partial charge is 0.289 e. The summed E-state index contributed by atoms with van der Waals surface area (Å²) in [5.41, 5.74) is 1.37. The van der Waals surface area contributed by atoms with Crippen LogP contribution in [0.3, 0.4) is 0 Å². The van der Waals surface area contributed by atoms with Gasteiger partial charge in [0.05, 0.1) is 0 Å². The maximum Gasteiger partial charge on any atom is 0.188 e. The molecule has 0 bridgehead atoms. The topological polar surface area (TPSA) is 17.1 Å². The average molecular weight is 120 g/mol. The van der Waals surface area contributed by atoms with E-state index < -0.39 is 0 Å². The maximum absolute atomic E-state index is 10.9. The van der Waals surface area contributed by atoms with Gasteiger partial charge in [-0.2, -0.15) is 0 Å². The van der Waals surface area contributed by atoms with E-state index in [1.807, 2.05) is 6.08 Å². The molecule has 0 saturated carbocycles. The summed E-state index contributed by atoms with van der Waals surface area (Å²) in [5, 5.41) is 0. The van der Waals surface area contributed by atoms with Gasteiger partial charge >= 0.3 is 0 Å². The Balaban J connectivity index is 2.64. The Labute approximate surface area is 54.4 Å². The predicted octanol–water partition coefficient (Wildman–Crippen LogP) is 1.63. The van der Waals surface area contributed by atoms with Gasteiger partial charge in [0.25, 0.3) is 0 Å². The van der Waals surface area contributed by atoms with Crippen LogP contribution in [0, 0.1) is 0 Å². The molecule has 1 aliphatic rings. The van der Waals surface area contributed by atoms with E-state index in [0.717, 1.165) is 5.57 Å². The predicted molar refractivity (Wildman–Crippen MR) is 37.0 cm³/mol. The molecule has 0 heterocycles. The van der Waals surface area contributed by atoms with Crippen molar-refractivity contribution in [3.05, 3.63) is 36.0 Å². The lowest BCUT2D eigenvalue weighted by atomic mass is 10.00. The highest BCUT2D eigenvalue weighted by Crippen LogP contribution is 2.12. The van der Waals surface area contributed by atoms with Gasteiger partial charge in [-0.15, -0.1) is 0 Å². The van der Waals surface area contributed by atoms with Gasteiger partial charge in [-0.25, -0.2) is 0 Å². The minimum Gasteiger partial charge on any atom is -0.289 e. The Morgan fingerprint density at radius 1 is 1.67 bits per heavy atom. The van der Waals surface area contributed by atoms with E-state index in [4.69, 9.17) is 0 Å². The van der Waals surface area contributed by atoms with Crippen LogP contribution in [-0.4, -0.2) is 5.78 Å². The highest BCUT2D eigenvalue weighted by molar-refractivity contribution is 6.10. The minimum atomic E-state index is 0.0532. The van der Waals surface area contributed by atoms with E-state index in [1.165, 1.54) is 0 Å². The molecule has 1 aliphatic carbocycles. The van der Waals surface area contributed by atoms with Crippen molar-refractivity contribution in [3.63, 3.8) is 0 Å². The van der Waals surface area contributed by atoms with E-state index in [1.54, 1.807) is 19.1 Å². The maximum atomic E-state index is 10.9. The molecule has 0 unspecified atom stereocenters. The first-order valence-corrected chi connectivity index (χ1v) is 2.80. The number of Topliss-reactive ketones (excluding diaryl/α,β-unsaturated/α-hetero) is 1. The molecule has 0 atom stereocenters. The van der Waals surface area contributed by atoms with Crippen LogP contribution in [0.1, 0.15) is 6.92 Å². The zero-order chi connectivity index (χ0) is 6.85. The fourth-order valence-electron chi connectivity index (χ4n) is 0.590. The number of hydrogen-bond acceptors (Lipinski definition) is 1. The summed E-state index contributed by atoms with van der Waals surface area (Å²) in [6, 6.07) is 0. The van der Waals surface area contributed by atoms with Gasteiger partial charge in [0, 0.05) is 5.57 Å². The number of carbonyl (C=O) groups is 1. The summed E-state index contributed by atoms with van der Waals surface area (Å²) in [6.07, 6.45) is 5.42. The third kappa shape index (κ3) is 0.992. The second-order valence-electron chi connectivity index (χ2n) is 2.09. The summed E-state index contributed by atoms with van der Waals surface area (Å²) in [4.78, 5) is 10.9. The first-order valence-electron chi connectivity index (χ1n) is 2.80. The highest BCUT2D eigenvalue weighted by atomic mass is 16.1. The van der Waals surface area contributed by atoms with Gasteiger partial charge in [-0.3, -0.25) is 4.79 Å². The molecule has 9 heavy (non-hydrogen) atoms. The Morgan fingerprint density at radius 2 is 2.22 bits per heavy atom. The second kappa shape index (κ2) is 2.02. The van der Waals surface area contributed by atoms with Crippen molar-refractivity contribution >= 4 is 5.78 Å². The number of allylic oxidation sites excluding steroid dienone is 5. The monoisotopic (exact) mass is 120 g/mol. The molecule has 0 N–H and O–H groups in total. The van der Waals surface area contributed by atoms with Gasteiger partial charge < -0.3 is 0 Å². The zero-order valence-corrected chi connectivity index (χ0v) is 5.35. The quantitative estimate of drug-likeness (QED) is 0.506. The molecule has 0 aliphatic heterocycles. The van der Waals surface area contributed by atoms with E-state index >= 15 is 0 Å². The SMILES string of the molecule is C=C(C)C(=O)C1=CC=C1.